The molecule has 0 amide bonds. The van der Waals surface area contributed by atoms with Crippen molar-refractivity contribution in [1.29, 1.82) is 0 Å². The van der Waals surface area contributed by atoms with Crippen LogP contribution in [-0.2, 0) is 9.47 Å². The van der Waals surface area contributed by atoms with Crippen molar-refractivity contribution in [3.63, 3.8) is 0 Å². The molecule has 0 aromatic heterocycles. The lowest BCUT2D eigenvalue weighted by molar-refractivity contribution is -0.0269. The van der Waals surface area contributed by atoms with Crippen LogP contribution >= 0.6 is 0 Å². The van der Waals surface area contributed by atoms with E-state index in [0.717, 1.165) is 45.9 Å². The Balaban J connectivity index is 2.08. The van der Waals surface area contributed by atoms with Crippen molar-refractivity contribution < 1.29 is 9.47 Å². The maximum Gasteiger partial charge on any atom is 0.0826 e. The summed E-state index contributed by atoms with van der Waals surface area (Å²) in [5, 5.41) is 3.41. The number of nitrogens with one attached hydrogen (secondary N) is 1. The Kier molecular flexibility index (Phi) is 6.96. The smallest absolute Gasteiger partial charge is 0.0826 e. The Morgan fingerprint density at radius 2 is 2.31 bits per heavy atom. The molecule has 0 aromatic rings. The molecule has 0 saturated carbocycles. The van der Waals surface area contributed by atoms with E-state index in [1.54, 1.807) is 0 Å². The standard InChI is InChI=1S/C12H26N2O2/c1-4-14-6-7-16-12(10-14)9-13-8-11(3)15-5-2/h11-13H,4-10H2,1-3H3. The number of rotatable bonds is 7. The van der Waals surface area contributed by atoms with Crippen molar-refractivity contribution in [2.24, 2.45) is 0 Å². The highest BCUT2D eigenvalue weighted by atomic mass is 16.5. The van der Waals surface area contributed by atoms with Crippen LogP contribution in [0, 0.1) is 0 Å². The van der Waals surface area contributed by atoms with E-state index < -0.39 is 0 Å². The number of likely N-dealkylation sites (N-methyl/N-ethyl adjacent to an activating group) is 1. The first-order valence-corrected chi connectivity index (χ1v) is 6.42. The average molecular weight is 230 g/mol. The first kappa shape index (κ1) is 13.9. The van der Waals surface area contributed by atoms with E-state index in [1.165, 1.54) is 0 Å². The van der Waals surface area contributed by atoms with Crippen LogP contribution in [0.25, 0.3) is 0 Å². The summed E-state index contributed by atoms with van der Waals surface area (Å²) in [5.41, 5.74) is 0. The fourth-order valence-corrected chi connectivity index (χ4v) is 1.98. The molecule has 0 aromatic carbocycles. The van der Waals surface area contributed by atoms with Crippen LogP contribution in [0.2, 0.25) is 0 Å². The van der Waals surface area contributed by atoms with E-state index in [0.29, 0.717) is 6.10 Å². The quantitative estimate of drug-likeness (QED) is 0.699. The Labute approximate surface area is 99.3 Å². The van der Waals surface area contributed by atoms with Crippen molar-refractivity contribution in [2.75, 3.05) is 45.9 Å². The summed E-state index contributed by atoms with van der Waals surface area (Å²) < 4.78 is 11.2. The second-order valence-corrected chi connectivity index (χ2v) is 4.31. The molecule has 2 atom stereocenters. The van der Waals surface area contributed by atoms with E-state index in [9.17, 15) is 0 Å². The molecule has 1 aliphatic heterocycles. The van der Waals surface area contributed by atoms with Crippen molar-refractivity contribution in [2.45, 2.75) is 33.0 Å². The molecule has 0 spiro atoms. The molecule has 1 rings (SSSR count). The van der Waals surface area contributed by atoms with E-state index in [4.69, 9.17) is 9.47 Å². The van der Waals surface area contributed by atoms with Gasteiger partial charge in [0, 0.05) is 32.8 Å². The molecule has 0 radical (unpaired) electrons. The molecule has 4 heteroatoms. The van der Waals surface area contributed by atoms with Crippen molar-refractivity contribution in [1.82, 2.24) is 10.2 Å². The summed E-state index contributed by atoms with van der Waals surface area (Å²) in [6.45, 7) is 13.0. The molecule has 1 fully saturated rings. The minimum Gasteiger partial charge on any atom is -0.377 e. The molecule has 0 aliphatic carbocycles. The number of hydrogen-bond donors (Lipinski definition) is 1. The van der Waals surface area contributed by atoms with Crippen LogP contribution in [-0.4, -0.2) is 63.0 Å². The normalized spacial score (nSPS) is 24.6. The summed E-state index contributed by atoms with van der Waals surface area (Å²) in [6.07, 6.45) is 0.624. The highest BCUT2D eigenvalue weighted by Crippen LogP contribution is 2.03. The van der Waals surface area contributed by atoms with Crippen LogP contribution in [0.3, 0.4) is 0 Å². The molecule has 16 heavy (non-hydrogen) atoms. The minimum atomic E-state index is 0.288. The fourth-order valence-electron chi connectivity index (χ4n) is 1.98. The van der Waals surface area contributed by atoms with Crippen molar-refractivity contribution >= 4 is 0 Å². The van der Waals surface area contributed by atoms with Gasteiger partial charge in [-0.05, 0) is 20.4 Å². The van der Waals surface area contributed by atoms with Gasteiger partial charge < -0.3 is 14.8 Å². The maximum atomic E-state index is 5.71. The Bertz CT molecular complexity index is 178. The van der Waals surface area contributed by atoms with Gasteiger partial charge in [0.15, 0.2) is 0 Å². The predicted octanol–water partition coefficient (Wildman–Crippen LogP) is 0.722. The van der Waals surface area contributed by atoms with E-state index >= 15 is 0 Å². The van der Waals surface area contributed by atoms with Gasteiger partial charge in [-0.2, -0.15) is 0 Å². The summed E-state index contributed by atoms with van der Waals surface area (Å²) in [5.74, 6) is 0. The molecule has 2 unspecified atom stereocenters. The van der Waals surface area contributed by atoms with Gasteiger partial charge in [0.1, 0.15) is 0 Å². The summed E-state index contributed by atoms with van der Waals surface area (Å²) >= 11 is 0. The molecular weight excluding hydrogens is 204 g/mol. The molecule has 0 bridgehead atoms. The molecule has 1 saturated heterocycles. The van der Waals surface area contributed by atoms with Gasteiger partial charge in [-0.3, -0.25) is 4.90 Å². The van der Waals surface area contributed by atoms with Gasteiger partial charge in [-0.1, -0.05) is 6.92 Å². The van der Waals surface area contributed by atoms with E-state index in [2.05, 4.69) is 24.1 Å². The maximum absolute atomic E-state index is 5.71. The Hall–Kier alpha value is -0.160. The zero-order valence-electron chi connectivity index (χ0n) is 10.9. The fraction of sp³-hybridized carbons (Fsp3) is 1.00. The molecular formula is C12H26N2O2. The van der Waals surface area contributed by atoms with Crippen LogP contribution < -0.4 is 5.32 Å². The van der Waals surface area contributed by atoms with Crippen LogP contribution in [0.5, 0.6) is 0 Å². The molecule has 1 aliphatic rings. The SMILES string of the molecule is CCOC(C)CNCC1CN(CC)CCO1. The van der Waals surface area contributed by atoms with Gasteiger partial charge in [-0.15, -0.1) is 0 Å². The van der Waals surface area contributed by atoms with Gasteiger partial charge >= 0.3 is 0 Å². The first-order chi connectivity index (χ1) is 7.76. The third-order valence-electron chi connectivity index (χ3n) is 2.93. The molecule has 96 valence electrons. The minimum absolute atomic E-state index is 0.288. The highest BCUT2D eigenvalue weighted by Gasteiger charge is 2.18. The predicted molar refractivity (Wildman–Crippen MR) is 65.8 cm³/mol. The molecule has 1 N–H and O–H groups in total. The third-order valence-corrected chi connectivity index (χ3v) is 2.93. The first-order valence-electron chi connectivity index (χ1n) is 6.42. The summed E-state index contributed by atoms with van der Waals surface area (Å²) in [7, 11) is 0. The lowest BCUT2D eigenvalue weighted by Crippen LogP contribution is -2.47. The topological polar surface area (TPSA) is 33.7 Å². The monoisotopic (exact) mass is 230 g/mol. The molecule has 1 heterocycles. The number of ether oxygens (including phenoxy) is 2. The second kappa shape index (κ2) is 8.01. The van der Waals surface area contributed by atoms with Crippen LogP contribution in [0.1, 0.15) is 20.8 Å². The zero-order valence-corrected chi connectivity index (χ0v) is 10.9. The van der Waals surface area contributed by atoms with E-state index in [-0.39, 0.29) is 6.10 Å². The second-order valence-electron chi connectivity index (χ2n) is 4.31. The highest BCUT2D eigenvalue weighted by molar-refractivity contribution is 4.73. The zero-order chi connectivity index (χ0) is 11.8. The number of morpholine rings is 1. The lowest BCUT2D eigenvalue weighted by atomic mass is 10.2. The number of hydrogen-bond acceptors (Lipinski definition) is 4. The lowest BCUT2D eigenvalue weighted by Gasteiger charge is -2.32. The Morgan fingerprint density at radius 1 is 1.50 bits per heavy atom. The van der Waals surface area contributed by atoms with Crippen LogP contribution in [0.15, 0.2) is 0 Å². The summed E-state index contributed by atoms with van der Waals surface area (Å²) in [4.78, 5) is 2.43. The third kappa shape index (κ3) is 5.25. The Morgan fingerprint density at radius 3 is 3.00 bits per heavy atom. The number of nitrogens with zero attached hydrogens (tertiary/aromatic N) is 1. The van der Waals surface area contributed by atoms with Gasteiger partial charge in [0.05, 0.1) is 18.8 Å². The van der Waals surface area contributed by atoms with Gasteiger partial charge in [-0.25, -0.2) is 0 Å². The van der Waals surface area contributed by atoms with Gasteiger partial charge in [0.2, 0.25) is 0 Å². The van der Waals surface area contributed by atoms with Crippen LogP contribution in [0.4, 0.5) is 0 Å². The molecule has 4 nitrogen and oxygen atoms in total. The van der Waals surface area contributed by atoms with Gasteiger partial charge in [0.25, 0.3) is 0 Å². The van der Waals surface area contributed by atoms with Crippen molar-refractivity contribution in [3.05, 3.63) is 0 Å². The summed E-state index contributed by atoms with van der Waals surface area (Å²) in [6, 6.07) is 0. The van der Waals surface area contributed by atoms with E-state index in [1.807, 2.05) is 6.92 Å². The largest absolute Gasteiger partial charge is 0.377 e. The van der Waals surface area contributed by atoms with Crippen molar-refractivity contribution in [3.8, 4) is 0 Å². The average Bonchev–Trinajstić information content (AvgIpc) is 2.30.